The summed E-state index contributed by atoms with van der Waals surface area (Å²) in [6.07, 6.45) is 0.598. The Kier molecular flexibility index (Phi) is 2.29. The summed E-state index contributed by atoms with van der Waals surface area (Å²) >= 11 is 0. The van der Waals surface area contributed by atoms with Gasteiger partial charge in [-0.25, -0.2) is 4.39 Å². The van der Waals surface area contributed by atoms with E-state index in [0.29, 0.717) is 25.1 Å². The minimum absolute atomic E-state index is 0.188. The lowest BCUT2D eigenvalue weighted by Gasteiger charge is -2.37. The zero-order valence-corrected chi connectivity index (χ0v) is 8.18. The van der Waals surface area contributed by atoms with Gasteiger partial charge in [-0.2, -0.15) is 0 Å². The summed E-state index contributed by atoms with van der Waals surface area (Å²) in [6, 6.07) is 4.99. The first-order valence-electron chi connectivity index (χ1n) is 4.77. The van der Waals surface area contributed by atoms with Gasteiger partial charge in [-0.1, -0.05) is 12.1 Å². The Hall–Kier alpha value is -0.930. The third-order valence-corrected chi connectivity index (χ3v) is 2.66. The highest BCUT2D eigenvalue weighted by molar-refractivity contribution is 5.26. The molecule has 1 fully saturated rings. The van der Waals surface area contributed by atoms with Gasteiger partial charge >= 0.3 is 0 Å². The first-order valence-corrected chi connectivity index (χ1v) is 4.77. The number of halogens is 1. The molecule has 1 aromatic rings. The van der Waals surface area contributed by atoms with Crippen molar-refractivity contribution in [3.63, 3.8) is 0 Å². The van der Waals surface area contributed by atoms with Gasteiger partial charge in [0.1, 0.15) is 5.82 Å². The second kappa shape index (κ2) is 3.33. The predicted octanol–water partition coefficient (Wildman–Crippen LogP) is 1.01. The third-order valence-electron chi connectivity index (χ3n) is 2.66. The molecule has 3 heteroatoms. The molecule has 0 bridgehead atoms. The highest BCUT2D eigenvalue weighted by atomic mass is 19.1. The summed E-state index contributed by atoms with van der Waals surface area (Å²) < 4.78 is 13.0. The number of rotatable bonds is 2. The Morgan fingerprint density at radius 2 is 2.21 bits per heavy atom. The molecule has 0 saturated carbocycles. The SMILES string of the molecule is Cc1cc(CC2(O)CNC2)ccc1F. The zero-order valence-electron chi connectivity index (χ0n) is 8.18. The molecular weight excluding hydrogens is 181 g/mol. The van der Waals surface area contributed by atoms with Crippen molar-refractivity contribution < 1.29 is 9.50 Å². The normalized spacial score (nSPS) is 19.1. The van der Waals surface area contributed by atoms with Gasteiger partial charge in [0.15, 0.2) is 0 Å². The van der Waals surface area contributed by atoms with Gasteiger partial charge in [-0.3, -0.25) is 0 Å². The van der Waals surface area contributed by atoms with Crippen molar-refractivity contribution >= 4 is 0 Å². The number of benzene rings is 1. The Labute approximate surface area is 82.8 Å². The quantitative estimate of drug-likeness (QED) is 0.738. The molecule has 0 unspecified atom stereocenters. The van der Waals surface area contributed by atoms with E-state index in [9.17, 15) is 9.50 Å². The molecule has 2 N–H and O–H groups in total. The molecular formula is C11H14FNO. The summed E-state index contributed by atoms with van der Waals surface area (Å²) in [5.41, 5.74) is 1.01. The van der Waals surface area contributed by atoms with Crippen molar-refractivity contribution in [1.82, 2.24) is 5.32 Å². The van der Waals surface area contributed by atoms with Crippen LogP contribution in [0.4, 0.5) is 4.39 Å². The van der Waals surface area contributed by atoms with Crippen LogP contribution in [0.1, 0.15) is 11.1 Å². The molecule has 14 heavy (non-hydrogen) atoms. The van der Waals surface area contributed by atoms with Gasteiger partial charge in [0.05, 0.1) is 5.60 Å². The topological polar surface area (TPSA) is 32.3 Å². The van der Waals surface area contributed by atoms with Crippen LogP contribution in [0.25, 0.3) is 0 Å². The van der Waals surface area contributed by atoms with Gasteiger partial charge < -0.3 is 10.4 Å². The van der Waals surface area contributed by atoms with Crippen LogP contribution in [-0.4, -0.2) is 23.8 Å². The molecule has 0 atom stereocenters. The number of β-amino-alcohol motifs (C(OH)–C–C–N with tert-alkyl or cyclic N) is 1. The van der Waals surface area contributed by atoms with Crippen LogP contribution in [0.2, 0.25) is 0 Å². The van der Waals surface area contributed by atoms with E-state index in [-0.39, 0.29) is 5.82 Å². The van der Waals surface area contributed by atoms with E-state index in [1.54, 1.807) is 19.1 Å². The summed E-state index contributed by atoms with van der Waals surface area (Å²) in [6.45, 7) is 2.99. The number of hydrogen-bond donors (Lipinski definition) is 2. The zero-order chi connectivity index (χ0) is 10.2. The fourth-order valence-corrected chi connectivity index (χ4v) is 1.74. The smallest absolute Gasteiger partial charge is 0.126 e. The van der Waals surface area contributed by atoms with Crippen LogP contribution in [0.5, 0.6) is 0 Å². The number of hydrogen-bond acceptors (Lipinski definition) is 2. The van der Waals surface area contributed by atoms with Gasteiger partial charge in [0, 0.05) is 19.5 Å². The van der Waals surface area contributed by atoms with Crippen molar-refractivity contribution in [1.29, 1.82) is 0 Å². The summed E-state index contributed by atoms with van der Waals surface area (Å²) in [5, 5.41) is 12.9. The van der Waals surface area contributed by atoms with Crippen molar-refractivity contribution in [2.24, 2.45) is 0 Å². The van der Waals surface area contributed by atoms with Gasteiger partial charge in [-0.15, -0.1) is 0 Å². The summed E-state index contributed by atoms with van der Waals surface area (Å²) in [4.78, 5) is 0. The van der Waals surface area contributed by atoms with Crippen molar-refractivity contribution in [2.75, 3.05) is 13.1 Å². The minimum Gasteiger partial charge on any atom is -0.387 e. The molecule has 1 aromatic carbocycles. The maximum atomic E-state index is 13.0. The summed E-state index contributed by atoms with van der Waals surface area (Å²) in [7, 11) is 0. The maximum Gasteiger partial charge on any atom is 0.126 e. The second-order valence-corrected chi connectivity index (χ2v) is 4.09. The van der Waals surface area contributed by atoms with Crippen molar-refractivity contribution in [3.05, 3.63) is 35.1 Å². The van der Waals surface area contributed by atoms with E-state index in [1.165, 1.54) is 6.07 Å². The van der Waals surface area contributed by atoms with Crippen molar-refractivity contribution in [2.45, 2.75) is 18.9 Å². The van der Waals surface area contributed by atoms with Crippen LogP contribution in [-0.2, 0) is 6.42 Å². The molecule has 76 valence electrons. The fourth-order valence-electron chi connectivity index (χ4n) is 1.74. The lowest BCUT2D eigenvalue weighted by atomic mass is 9.89. The Morgan fingerprint density at radius 3 is 2.71 bits per heavy atom. The average molecular weight is 195 g/mol. The fraction of sp³-hybridized carbons (Fsp3) is 0.455. The number of aliphatic hydroxyl groups is 1. The molecule has 0 radical (unpaired) electrons. The number of aryl methyl sites for hydroxylation is 1. The third kappa shape index (κ3) is 1.79. The molecule has 1 saturated heterocycles. The van der Waals surface area contributed by atoms with Crippen LogP contribution in [0.15, 0.2) is 18.2 Å². The van der Waals surface area contributed by atoms with E-state index >= 15 is 0 Å². The Balaban J connectivity index is 2.13. The van der Waals surface area contributed by atoms with Crippen LogP contribution in [0, 0.1) is 12.7 Å². The molecule has 1 aliphatic heterocycles. The summed E-state index contributed by atoms with van der Waals surface area (Å²) in [5.74, 6) is -0.188. The Bertz CT molecular complexity index is 347. The van der Waals surface area contributed by atoms with Crippen LogP contribution >= 0.6 is 0 Å². The molecule has 2 rings (SSSR count). The number of nitrogens with one attached hydrogen (secondary N) is 1. The van der Waals surface area contributed by atoms with E-state index < -0.39 is 5.60 Å². The average Bonchev–Trinajstić information content (AvgIpc) is 2.09. The Morgan fingerprint density at radius 1 is 1.50 bits per heavy atom. The second-order valence-electron chi connectivity index (χ2n) is 4.09. The van der Waals surface area contributed by atoms with Crippen molar-refractivity contribution in [3.8, 4) is 0 Å². The highest BCUT2D eigenvalue weighted by Crippen LogP contribution is 2.19. The largest absolute Gasteiger partial charge is 0.387 e. The molecule has 0 aliphatic carbocycles. The standard InChI is InChI=1S/C11H14FNO/c1-8-4-9(2-3-10(8)12)5-11(14)6-13-7-11/h2-4,13-14H,5-7H2,1H3. The van der Waals surface area contributed by atoms with Gasteiger partial charge in [0.2, 0.25) is 0 Å². The van der Waals surface area contributed by atoms with Gasteiger partial charge in [0.25, 0.3) is 0 Å². The van der Waals surface area contributed by atoms with Gasteiger partial charge in [-0.05, 0) is 24.1 Å². The maximum absolute atomic E-state index is 13.0. The van der Waals surface area contributed by atoms with E-state index in [4.69, 9.17) is 0 Å². The molecule has 1 aliphatic rings. The lowest BCUT2D eigenvalue weighted by Crippen LogP contribution is -2.60. The molecule has 0 amide bonds. The van der Waals surface area contributed by atoms with Crippen LogP contribution in [0.3, 0.4) is 0 Å². The van der Waals surface area contributed by atoms with E-state index in [0.717, 1.165) is 5.56 Å². The van der Waals surface area contributed by atoms with Crippen LogP contribution < -0.4 is 5.32 Å². The monoisotopic (exact) mass is 195 g/mol. The first-order chi connectivity index (χ1) is 6.59. The molecule has 0 aromatic heterocycles. The highest BCUT2D eigenvalue weighted by Gasteiger charge is 2.34. The molecule has 1 heterocycles. The molecule has 2 nitrogen and oxygen atoms in total. The molecule has 0 spiro atoms. The van der Waals surface area contributed by atoms with E-state index in [1.807, 2.05) is 0 Å². The minimum atomic E-state index is -0.621. The first kappa shape index (κ1) is 9.62. The predicted molar refractivity (Wildman–Crippen MR) is 52.7 cm³/mol. The van der Waals surface area contributed by atoms with E-state index in [2.05, 4.69) is 5.32 Å². The lowest BCUT2D eigenvalue weighted by molar-refractivity contribution is -0.00903.